The van der Waals surface area contributed by atoms with Crippen LogP contribution in [0.2, 0.25) is 0 Å². The van der Waals surface area contributed by atoms with Gasteiger partial charge in [0.2, 0.25) is 6.29 Å². The summed E-state index contributed by atoms with van der Waals surface area (Å²) in [4.78, 5) is 19.5. The van der Waals surface area contributed by atoms with Crippen molar-refractivity contribution in [3.63, 3.8) is 0 Å². The fraction of sp³-hybridized carbons (Fsp3) is 0.667. The summed E-state index contributed by atoms with van der Waals surface area (Å²) in [7, 11) is 0. The van der Waals surface area contributed by atoms with Gasteiger partial charge in [-0.3, -0.25) is 9.59 Å². The molecular weight excluding hydrogens is 104 g/mol. The predicted molar refractivity (Wildman–Crippen MR) is 29.8 cm³/mol. The zero-order chi connectivity index (χ0) is 6.41. The van der Waals surface area contributed by atoms with Gasteiger partial charge in [-0.15, -0.1) is 0 Å². The van der Waals surface area contributed by atoms with Gasteiger partial charge in [-0.2, -0.15) is 0 Å². The number of hydrogen-bond acceptors (Lipinski definition) is 2. The quantitative estimate of drug-likeness (QED) is 0.534. The van der Waals surface area contributed by atoms with Gasteiger partial charge in [0.25, 0.3) is 0 Å². The van der Waals surface area contributed by atoms with E-state index in [1.165, 1.54) is 0 Å². The molecule has 0 aromatic heterocycles. The zero-order valence-electron chi connectivity index (χ0n) is 4.81. The average molecular weight is 112 g/mol. The molecule has 0 N–H and O–H groups in total. The van der Waals surface area contributed by atoms with E-state index in [0.29, 0.717) is 6.42 Å². The molecular formula is C6H8O2. The highest BCUT2D eigenvalue weighted by molar-refractivity contribution is 5.62. The molecule has 0 bridgehead atoms. The predicted octanol–water partition coefficient (Wildman–Crippen LogP) is 0.622. The molecule has 0 fully saturated rings. The van der Waals surface area contributed by atoms with E-state index in [0.717, 1.165) is 0 Å². The third kappa shape index (κ3) is 2.50. The van der Waals surface area contributed by atoms with Gasteiger partial charge in [-0.25, -0.2) is 0 Å². The Bertz CT molecular complexity index is 78.6. The van der Waals surface area contributed by atoms with Crippen molar-refractivity contribution < 1.29 is 9.59 Å². The minimum Gasteiger partial charge on any atom is -0.291 e. The summed E-state index contributed by atoms with van der Waals surface area (Å²) in [6.07, 6.45) is 4.27. The second-order valence-electron chi connectivity index (χ2n) is 1.57. The van der Waals surface area contributed by atoms with Crippen LogP contribution in [0, 0.1) is 5.92 Å². The Labute approximate surface area is 48.9 Å². The molecule has 0 heterocycles. The summed E-state index contributed by atoms with van der Waals surface area (Å²) in [6, 6.07) is 0. The van der Waals surface area contributed by atoms with Crippen molar-refractivity contribution in [2.45, 2.75) is 19.8 Å². The van der Waals surface area contributed by atoms with Crippen LogP contribution in [0.15, 0.2) is 0 Å². The molecule has 0 saturated heterocycles. The fourth-order valence-electron chi connectivity index (χ4n) is 0.370. The molecule has 0 saturated carbocycles. The lowest BCUT2D eigenvalue weighted by Crippen LogP contribution is -1.99. The Hall–Kier alpha value is -0.660. The normalized spacial score (nSPS) is 12.6. The first-order valence-electron chi connectivity index (χ1n) is 2.57. The SMILES string of the molecule is CCC([C]=O)C[C]=O. The minimum absolute atomic E-state index is 0.194. The third-order valence-corrected chi connectivity index (χ3v) is 0.989. The van der Waals surface area contributed by atoms with Gasteiger partial charge >= 0.3 is 0 Å². The van der Waals surface area contributed by atoms with Gasteiger partial charge < -0.3 is 0 Å². The van der Waals surface area contributed by atoms with Crippen molar-refractivity contribution in [1.82, 2.24) is 0 Å². The summed E-state index contributed by atoms with van der Waals surface area (Å²) >= 11 is 0. The average Bonchev–Trinajstić information content (AvgIpc) is 1.83. The molecule has 2 heteroatoms. The number of rotatable bonds is 4. The van der Waals surface area contributed by atoms with Crippen LogP contribution < -0.4 is 0 Å². The lowest BCUT2D eigenvalue weighted by molar-refractivity contribution is 0.504. The van der Waals surface area contributed by atoms with E-state index < -0.39 is 0 Å². The molecule has 2 nitrogen and oxygen atoms in total. The van der Waals surface area contributed by atoms with Gasteiger partial charge in [0, 0.05) is 12.3 Å². The first-order chi connectivity index (χ1) is 3.85. The van der Waals surface area contributed by atoms with E-state index in [2.05, 4.69) is 0 Å². The van der Waals surface area contributed by atoms with E-state index in [1.807, 2.05) is 6.92 Å². The van der Waals surface area contributed by atoms with Crippen LogP contribution in [0.5, 0.6) is 0 Å². The van der Waals surface area contributed by atoms with Crippen molar-refractivity contribution in [2.75, 3.05) is 0 Å². The first kappa shape index (κ1) is 7.34. The van der Waals surface area contributed by atoms with Gasteiger partial charge in [0.1, 0.15) is 0 Å². The molecule has 0 aromatic carbocycles. The third-order valence-electron chi connectivity index (χ3n) is 0.989. The van der Waals surface area contributed by atoms with E-state index in [9.17, 15) is 9.59 Å². The summed E-state index contributed by atoms with van der Waals surface area (Å²) in [5, 5.41) is 0. The lowest BCUT2D eigenvalue weighted by Gasteiger charge is -1.94. The molecule has 0 amide bonds. The second kappa shape index (κ2) is 4.50. The topological polar surface area (TPSA) is 34.1 Å². The van der Waals surface area contributed by atoms with Gasteiger partial charge in [-0.1, -0.05) is 6.92 Å². The van der Waals surface area contributed by atoms with Crippen molar-refractivity contribution in [1.29, 1.82) is 0 Å². The molecule has 1 unspecified atom stereocenters. The molecule has 1 atom stereocenters. The molecule has 0 spiro atoms. The molecule has 2 radical (unpaired) electrons. The van der Waals surface area contributed by atoms with Crippen molar-refractivity contribution in [3.8, 4) is 0 Å². The van der Waals surface area contributed by atoms with E-state index in [-0.39, 0.29) is 12.3 Å². The number of hydrogen-bond donors (Lipinski definition) is 0. The van der Waals surface area contributed by atoms with Crippen LogP contribution in [0.4, 0.5) is 0 Å². The maximum absolute atomic E-state index is 9.82. The summed E-state index contributed by atoms with van der Waals surface area (Å²) in [6.45, 7) is 1.84. The molecule has 44 valence electrons. The molecule has 0 aliphatic heterocycles. The monoisotopic (exact) mass is 112 g/mol. The smallest absolute Gasteiger partial charge is 0.202 e. The maximum atomic E-state index is 9.82. The van der Waals surface area contributed by atoms with Crippen LogP contribution in [0.3, 0.4) is 0 Å². The Balaban J connectivity index is 3.35. The van der Waals surface area contributed by atoms with E-state index in [1.54, 1.807) is 12.6 Å². The Morgan fingerprint density at radius 3 is 2.25 bits per heavy atom. The summed E-state index contributed by atoms with van der Waals surface area (Å²) in [5.74, 6) is -0.229. The molecule has 0 aliphatic rings. The van der Waals surface area contributed by atoms with Crippen molar-refractivity contribution >= 4 is 12.6 Å². The van der Waals surface area contributed by atoms with Crippen molar-refractivity contribution in [3.05, 3.63) is 0 Å². The van der Waals surface area contributed by atoms with Gasteiger partial charge in [0.05, 0.1) is 0 Å². The second-order valence-corrected chi connectivity index (χ2v) is 1.57. The molecule has 0 rings (SSSR count). The standard InChI is InChI=1S/C6H8O2/c1-2-6(5-8)3-4-7/h6H,2-3H2,1H3. The van der Waals surface area contributed by atoms with Crippen LogP contribution >= 0.6 is 0 Å². The largest absolute Gasteiger partial charge is 0.291 e. The van der Waals surface area contributed by atoms with Crippen LogP contribution in [-0.2, 0) is 9.59 Å². The zero-order valence-corrected chi connectivity index (χ0v) is 4.81. The van der Waals surface area contributed by atoms with Crippen LogP contribution in [0.1, 0.15) is 19.8 Å². The highest BCUT2D eigenvalue weighted by atomic mass is 16.1. The highest BCUT2D eigenvalue weighted by Gasteiger charge is 2.02. The van der Waals surface area contributed by atoms with E-state index >= 15 is 0 Å². The molecule has 0 aliphatic carbocycles. The number of carbonyl (C=O) groups excluding carboxylic acids is 2. The molecule has 0 aromatic rings. The molecule has 8 heavy (non-hydrogen) atoms. The highest BCUT2D eigenvalue weighted by Crippen LogP contribution is 2.00. The first-order valence-corrected chi connectivity index (χ1v) is 2.57. The summed E-state index contributed by atoms with van der Waals surface area (Å²) < 4.78 is 0. The Kier molecular flexibility index (Phi) is 4.13. The van der Waals surface area contributed by atoms with Crippen molar-refractivity contribution in [2.24, 2.45) is 5.92 Å². The summed E-state index contributed by atoms with van der Waals surface area (Å²) in [5.41, 5.74) is 0. The Morgan fingerprint density at radius 1 is 1.50 bits per heavy atom. The Morgan fingerprint density at radius 2 is 2.12 bits per heavy atom. The minimum atomic E-state index is -0.229. The lowest BCUT2D eigenvalue weighted by atomic mass is 10.1. The van der Waals surface area contributed by atoms with Gasteiger partial charge in [0.15, 0.2) is 6.29 Å². The van der Waals surface area contributed by atoms with Crippen LogP contribution in [-0.4, -0.2) is 12.6 Å². The fourth-order valence-corrected chi connectivity index (χ4v) is 0.370. The van der Waals surface area contributed by atoms with Crippen LogP contribution in [0.25, 0.3) is 0 Å². The maximum Gasteiger partial charge on any atom is 0.202 e. The van der Waals surface area contributed by atoms with Gasteiger partial charge in [-0.05, 0) is 6.42 Å². The van der Waals surface area contributed by atoms with E-state index in [4.69, 9.17) is 0 Å².